The highest BCUT2D eigenvalue weighted by Gasteiger charge is 2.26. The molecule has 0 aliphatic heterocycles. The van der Waals surface area contributed by atoms with Crippen molar-refractivity contribution in [3.8, 4) is 23.0 Å². The van der Waals surface area contributed by atoms with Crippen molar-refractivity contribution in [1.82, 2.24) is 0 Å². The van der Waals surface area contributed by atoms with Crippen LogP contribution in [0.5, 0.6) is 23.0 Å². The number of nitrogens with zero attached hydrogens (tertiary/aromatic N) is 6. The van der Waals surface area contributed by atoms with Crippen molar-refractivity contribution in [2.45, 2.75) is 19.6 Å². The van der Waals surface area contributed by atoms with Crippen LogP contribution in [0, 0.1) is 0 Å². The number of rotatable bonds is 10. The molecule has 23 nitrogen and oxygen atoms in total. The van der Waals surface area contributed by atoms with E-state index in [-0.39, 0.29) is 65.8 Å². The molecule has 27 heteroatoms. The number of aromatic hydroxyl groups is 4. The molecular weight excluding hydrogens is 963 g/mol. The van der Waals surface area contributed by atoms with Gasteiger partial charge in [0, 0.05) is 33.3 Å². The average molecular weight is 990 g/mol. The highest BCUT2D eigenvalue weighted by molar-refractivity contribution is 7.86. The molecule has 8 rings (SSSR count). The van der Waals surface area contributed by atoms with Crippen LogP contribution < -0.4 is 5.73 Å². The molecule has 8 aromatic carbocycles. The lowest BCUT2D eigenvalue weighted by atomic mass is 10.1. The van der Waals surface area contributed by atoms with Crippen molar-refractivity contribution in [2.75, 3.05) is 5.73 Å². The Morgan fingerprint density at radius 3 is 1.13 bits per heavy atom. The molecule has 0 heterocycles. The number of fused-ring (bicyclic) bond motifs is 4. The maximum atomic E-state index is 12.6. The molecule has 0 atom stereocenters. The molecule has 0 fully saturated rings. The quantitative estimate of drug-likeness (QED) is 0.0350. The molecule has 0 radical (unpaired) electrons. The molecule has 0 unspecified atom stereocenters. The normalized spacial score (nSPS) is 13.1. The Kier molecular flexibility index (Phi) is 11.1. The number of phenols is 4. The van der Waals surface area contributed by atoms with Gasteiger partial charge in [0.05, 0.1) is 22.0 Å². The van der Waals surface area contributed by atoms with Gasteiger partial charge in [-0.15, -0.1) is 15.3 Å². The molecule has 0 amide bonds. The Morgan fingerprint density at radius 1 is 0.358 bits per heavy atom. The fourth-order valence-electron chi connectivity index (χ4n) is 6.89. The standard InChI is InChI=1S/C40H27N7O16S4/c41-22-2-6-27-19(9-22)13-32(65(55,56)57)35(38(27)49)45-42-23-4-7-28-20(10-23)14-33(66(58,59)60)36(39(28)50)46-43-24-5-8-29-21(11-24)15-34(67(61,62)63)37(40(29)51)47-44-25-3-1-18-12-26(64(52,53)54)17-31(48)30(18)16-25/h1-17,48-51H,41H2,(H,52,53,54)(H,55,56,57)(H,58,59,60)(H,61,62,63). The maximum absolute atomic E-state index is 12.6. The third-order valence-electron chi connectivity index (χ3n) is 9.96. The molecule has 0 aromatic heterocycles. The van der Waals surface area contributed by atoms with Crippen molar-refractivity contribution in [3.63, 3.8) is 0 Å². The Morgan fingerprint density at radius 2 is 0.731 bits per heavy atom. The summed E-state index contributed by atoms with van der Waals surface area (Å²) in [6.45, 7) is 0. The van der Waals surface area contributed by atoms with E-state index in [9.17, 15) is 72.3 Å². The van der Waals surface area contributed by atoms with E-state index in [4.69, 9.17) is 5.73 Å². The first-order valence-corrected chi connectivity index (χ1v) is 24.1. The molecule has 10 N–H and O–H groups in total. The van der Waals surface area contributed by atoms with Gasteiger partial charge in [-0.25, -0.2) is 0 Å². The molecule has 8 aromatic rings. The molecule has 67 heavy (non-hydrogen) atoms. The minimum Gasteiger partial charge on any atom is -0.507 e. The monoisotopic (exact) mass is 989 g/mol. The minimum atomic E-state index is -5.18. The number of nitrogen functional groups attached to an aromatic ring is 1. The van der Waals surface area contributed by atoms with Gasteiger partial charge in [-0.05, 0) is 113 Å². The molecule has 0 aliphatic rings. The van der Waals surface area contributed by atoms with Gasteiger partial charge in [-0.1, -0.05) is 6.07 Å². The Labute approximate surface area is 376 Å². The zero-order valence-electron chi connectivity index (χ0n) is 33.1. The van der Waals surface area contributed by atoms with Crippen molar-refractivity contribution in [3.05, 3.63) is 103 Å². The molecular formula is C40H27N7O16S4. The van der Waals surface area contributed by atoms with E-state index < -0.39 is 100 Å². The fourth-order valence-corrected chi connectivity index (χ4v) is 9.40. The van der Waals surface area contributed by atoms with Gasteiger partial charge >= 0.3 is 0 Å². The zero-order chi connectivity index (χ0) is 48.5. The summed E-state index contributed by atoms with van der Waals surface area (Å²) in [7, 11) is -20.0. The SMILES string of the molecule is Nc1ccc2c(O)c(N=Nc3ccc4c(O)c(N=Nc5ccc6c(O)c(N=Nc7ccc8cc(S(=O)(=O)O)cc(O)c8c7)c(S(=O)(=O)O)cc6c5)c(S(=O)(=O)O)cc4c3)c(S(=O)(=O)O)cc2c1. The Hall–Kier alpha value is -7.76. The van der Waals surface area contributed by atoms with Crippen LogP contribution in [-0.2, 0) is 40.5 Å². The van der Waals surface area contributed by atoms with Gasteiger partial charge < -0.3 is 26.2 Å². The number of nitrogens with two attached hydrogens (primary N) is 1. The van der Waals surface area contributed by atoms with E-state index in [0.29, 0.717) is 0 Å². The summed E-state index contributed by atoms with van der Waals surface area (Å²) in [4.78, 5) is -3.29. The van der Waals surface area contributed by atoms with Crippen LogP contribution in [0.3, 0.4) is 0 Å². The first-order chi connectivity index (χ1) is 31.3. The van der Waals surface area contributed by atoms with Gasteiger partial charge in [0.15, 0.2) is 17.2 Å². The van der Waals surface area contributed by atoms with E-state index >= 15 is 0 Å². The van der Waals surface area contributed by atoms with Gasteiger partial charge in [-0.3, -0.25) is 18.2 Å². The van der Waals surface area contributed by atoms with Gasteiger partial charge in [0.1, 0.15) is 37.5 Å². The number of hydrogen-bond donors (Lipinski definition) is 9. The maximum Gasteiger partial charge on any atom is 0.296 e. The largest absolute Gasteiger partial charge is 0.507 e. The highest BCUT2D eigenvalue weighted by atomic mass is 32.2. The lowest BCUT2D eigenvalue weighted by Crippen LogP contribution is -1.99. The Bertz CT molecular complexity index is 4050. The summed E-state index contributed by atoms with van der Waals surface area (Å²) < 4.78 is 137. The van der Waals surface area contributed by atoms with Crippen LogP contribution in [-0.4, -0.2) is 72.3 Å². The summed E-state index contributed by atoms with van der Waals surface area (Å²) >= 11 is 0. The molecule has 0 bridgehead atoms. The number of anilines is 1. The van der Waals surface area contributed by atoms with Crippen LogP contribution in [0.1, 0.15) is 0 Å². The third kappa shape index (κ3) is 8.98. The van der Waals surface area contributed by atoms with Gasteiger partial charge in [0.25, 0.3) is 40.5 Å². The predicted octanol–water partition coefficient (Wildman–Crippen LogP) is 8.94. The topological polar surface area (TPSA) is 399 Å². The van der Waals surface area contributed by atoms with Crippen LogP contribution >= 0.6 is 0 Å². The first-order valence-electron chi connectivity index (χ1n) is 18.3. The number of phenolic OH excluding ortho intramolecular Hbond substituents is 4. The van der Waals surface area contributed by atoms with Crippen molar-refractivity contribution >= 4 is 123 Å². The second-order valence-electron chi connectivity index (χ2n) is 14.4. The number of hydrogen-bond acceptors (Lipinski definition) is 19. The summed E-state index contributed by atoms with van der Waals surface area (Å²) in [5.74, 6) is -2.84. The smallest absolute Gasteiger partial charge is 0.296 e. The molecule has 0 saturated heterocycles. The van der Waals surface area contributed by atoms with E-state index in [2.05, 4.69) is 30.7 Å². The summed E-state index contributed by atoms with van der Waals surface area (Å²) in [6.07, 6.45) is 0. The van der Waals surface area contributed by atoms with E-state index in [1.165, 1.54) is 66.7 Å². The zero-order valence-corrected chi connectivity index (χ0v) is 36.3. The predicted molar refractivity (Wildman–Crippen MR) is 239 cm³/mol. The van der Waals surface area contributed by atoms with Crippen molar-refractivity contribution in [2.24, 2.45) is 30.7 Å². The molecule has 0 aliphatic carbocycles. The van der Waals surface area contributed by atoms with Crippen LogP contribution in [0.2, 0.25) is 0 Å². The molecule has 0 saturated carbocycles. The Balaban J connectivity index is 1.14. The minimum absolute atomic E-state index is 0.0343. The van der Waals surface area contributed by atoms with E-state index in [0.717, 1.165) is 36.4 Å². The van der Waals surface area contributed by atoms with Crippen molar-refractivity contribution in [1.29, 1.82) is 0 Å². The second-order valence-corrected chi connectivity index (χ2v) is 19.9. The van der Waals surface area contributed by atoms with Crippen molar-refractivity contribution < 1.29 is 72.3 Å². The lowest BCUT2D eigenvalue weighted by Gasteiger charge is -2.10. The fraction of sp³-hybridized carbons (Fsp3) is 0. The van der Waals surface area contributed by atoms with Crippen LogP contribution in [0.25, 0.3) is 43.1 Å². The second kappa shape index (κ2) is 16.3. The lowest BCUT2D eigenvalue weighted by molar-refractivity contribution is 0.470. The average Bonchev–Trinajstić information content (AvgIpc) is 3.23. The highest BCUT2D eigenvalue weighted by Crippen LogP contribution is 2.46. The van der Waals surface area contributed by atoms with E-state index in [1.807, 2.05) is 0 Å². The first kappa shape index (κ1) is 45.8. The molecule has 342 valence electrons. The van der Waals surface area contributed by atoms with Crippen LogP contribution in [0.15, 0.2) is 153 Å². The summed E-state index contributed by atoms with van der Waals surface area (Å²) in [5.41, 5.74) is 3.59. The summed E-state index contributed by atoms with van der Waals surface area (Å²) in [6, 6.07) is 19.9. The van der Waals surface area contributed by atoms with Gasteiger partial charge in [0.2, 0.25) is 0 Å². The molecule has 0 spiro atoms. The van der Waals surface area contributed by atoms with Crippen LogP contribution in [0.4, 0.5) is 39.8 Å². The number of benzene rings is 8. The van der Waals surface area contributed by atoms with E-state index in [1.54, 1.807) is 0 Å². The van der Waals surface area contributed by atoms with Gasteiger partial charge in [-0.2, -0.15) is 49.0 Å². The number of azo groups is 3. The third-order valence-corrected chi connectivity index (χ3v) is 13.4. The summed E-state index contributed by atoms with van der Waals surface area (Å²) in [5, 5.41) is 67.2.